The lowest BCUT2D eigenvalue weighted by atomic mass is 10.1. The Labute approximate surface area is 96.8 Å². The molecule has 80 valence electrons. The predicted octanol–water partition coefficient (Wildman–Crippen LogP) is 1.19. The second-order valence-electron chi connectivity index (χ2n) is 3.72. The van der Waals surface area contributed by atoms with Crippen LogP contribution in [0.15, 0.2) is 28.7 Å². The Bertz CT molecular complexity index is 375. The first-order valence-electron chi connectivity index (χ1n) is 4.86. The van der Waals surface area contributed by atoms with Crippen molar-refractivity contribution in [1.29, 1.82) is 0 Å². The highest BCUT2D eigenvalue weighted by atomic mass is 79.9. The van der Waals surface area contributed by atoms with Crippen molar-refractivity contribution >= 4 is 21.8 Å². The van der Waals surface area contributed by atoms with Gasteiger partial charge in [-0.25, -0.2) is 0 Å². The van der Waals surface area contributed by atoms with Crippen molar-refractivity contribution < 1.29 is 9.90 Å². The summed E-state index contributed by atoms with van der Waals surface area (Å²) in [5.74, 6) is 0.0761. The van der Waals surface area contributed by atoms with Crippen LogP contribution in [0.5, 0.6) is 0 Å². The Morgan fingerprint density at radius 2 is 2.13 bits per heavy atom. The molecule has 0 atom stereocenters. The molecule has 0 aliphatic carbocycles. The zero-order chi connectivity index (χ0) is 10.8. The van der Waals surface area contributed by atoms with Crippen LogP contribution in [0.4, 0.5) is 0 Å². The quantitative estimate of drug-likeness (QED) is 0.877. The highest BCUT2D eigenvalue weighted by molar-refractivity contribution is 9.10. The molecular formula is C11H12BrNO2. The number of carbonyl (C=O) groups excluding carboxylic acids is 1. The Balaban J connectivity index is 1.97. The van der Waals surface area contributed by atoms with E-state index in [1.807, 2.05) is 24.3 Å². The Hall–Kier alpha value is -0.870. The minimum absolute atomic E-state index is 0.0761. The third kappa shape index (κ3) is 2.38. The molecule has 4 heteroatoms. The van der Waals surface area contributed by atoms with E-state index >= 15 is 0 Å². The minimum atomic E-state index is -0.326. The van der Waals surface area contributed by atoms with Crippen LogP contribution in [0.1, 0.15) is 5.56 Å². The predicted molar refractivity (Wildman–Crippen MR) is 60.4 cm³/mol. The molecule has 0 unspecified atom stereocenters. The summed E-state index contributed by atoms with van der Waals surface area (Å²) in [5.41, 5.74) is 0.990. The lowest BCUT2D eigenvalue weighted by Crippen LogP contribution is -2.53. The van der Waals surface area contributed by atoms with Crippen molar-refractivity contribution in [3.8, 4) is 0 Å². The molecule has 1 aliphatic rings. The molecule has 1 aromatic carbocycles. The normalized spacial score (nSPS) is 16.3. The van der Waals surface area contributed by atoms with Crippen LogP contribution >= 0.6 is 15.9 Å². The molecule has 1 heterocycles. The van der Waals surface area contributed by atoms with Crippen LogP contribution < -0.4 is 0 Å². The summed E-state index contributed by atoms with van der Waals surface area (Å²) in [4.78, 5) is 13.4. The van der Waals surface area contributed by atoms with Gasteiger partial charge in [0.15, 0.2) is 0 Å². The van der Waals surface area contributed by atoms with Gasteiger partial charge < -0.3 is 10.0 Å². The number of aliphatic hydroxyl groups is 1. The topological polar surface area (TPSA) is 40.5 Å². The average Bonchev–Trinajstić information content (AvgIpc) is 2.17. The molecule has 0 saturated carbocycles. The van der Waals surface area contributed by atoms with Crippen LogP contribution in [0, 0.1) is 0 Å². The highest BCUT2D eigenvalue weighted by Crippen LogP contribution is 2.18. The molecule has 1 fully saturated rings. The number of aliphatic hydroxyl groups excluding tert-OH is 1. The molecule has 1 N–H and O–H groups in total. The van der Waals surface area contributed by atoms with Gasteiger partial charge in [0, 0.05) is 17.6 Å². The standard InChI is InChI=1S/C11H12BrNO2/c12-10-4-2-1-3-8(10)5-11(15)13-6-9(14)7-13/h1-4,9,14H,5-7H2. The third-order valence-electron chi connectivity index (χ3n) is 2.51. The first-order valence-corrected chi connectivity index (χ1v) is 5.65. The summed E-state index contributed by atoms with van der Waals surface area (Å²) in [5, 5.41) is 9.08. The number of β-amino-alcohol motifs (C(OH)–C–C–N with tert-alkyl or cyclic N) is 1. The van der Waals surface area contributed by atoms with Crippen molar-refractivity contribution in [3.05, 3.63) is 34.3 Å². The van der Waals surface area contributed by atoms with Crippen molar-refractivity contribution in [3.63, 3.8) is 0 Å². The maximum Gasteiger partial charge on any atom is 0.227 e. The van der Waals surface area contributed by atoms with Crippen molar-refractivity contribution in [1.82, 2.24) is 4.90 Å². The summed E-state index contributed by atoms with van der Waals surface area (Å²) in [6.45, 7) is 0.951. The van der Waals surface area contributed by atoms with Gasteiger partial charge in [-0.2, -0.15) is 0 Å². The average molecular weight is 270 g/mol. The van der Waals surface area contributed by atoms with Gasteiger partial charge >= 0.3 is 0 Å². The molecular weight excluding hydrogens is 258 g/mol. The maximum atomic E-state index is 11.7. The van der Waals surface area contributed by atoms with Gasteiger partial charge in [0.2, 0.25) is 5.91 Å². The van der Waals surface area contributed by atoms with Crippen LogP contribution in [-0.2, 0) is 11.2 Å². The number of carbonyl (C=O) groups is 1. The second-order valence-corrected chi connectivity index (χ2v) is 4.58. The lowest BCUT2D eigenvalue weighted by Gasteiger charge is -2.36. The molecule has 1 aliphatic heterocycles. The van der Waals surface area contributed by atoms with Gasteiger partial charge in [0.1, 0.15) is 0 Å². The van der Waals surface area contributed by atoms with Crippen molar-refractivity contribution in [2.75, 3.05) is 13.1 Å². The van der Waals surface area contributed by atoms with Gasteiger partial charge in [-0.05, 0) is 11.6 Å². The molecule has 1 aromatic rings. The van der Waals surface area contributed by atoms with E-state index in [1.54, 1.807) is 4.90 Å². The smallest absolute Gasteiger partial charge is 0.227 e. The molecule has 0 spiro atoms. The van der Waals surface area contributed by atoms with Crippen LogP contribution in [0.3, 0.4) is 0 Å². The third-order valence-corrected chi connectivity index (χ3v) is 3.29. The van der Waals surface area contributed by atoms with Crippen LogP contribution in [0.25, 0.3) is 0 Å². The molecule has 15 heavy (non-hydrogen) atoms. The molecule has 3 nitrogen and oxygen atoms in total. The van der Waals surface area contributed by atoms with Crippen molar-refractivity contribution in [2.24, 2.45) is 0 Å². The lowest BCUT2D eigenvalue weighted by molar-refractivity contribution is -0.140. The highest BCUT2D eigenvalue weighted by Gasteiger charge is 2.28. The van der Waals surface area contributed by atoms with Crippen LogP contribution in [-0.4, -0.2) is 35.1 Å². The van der Waals surface area contributed by atoms with Crippen LogP contribution in [0.2, 0.25) is 0 Å². The van der Waals surface area contributed by atoms with Gasteiger partial charge in [-0.3, -0.25) is 4.79 Å². The van der Waals surface area contributed by atoms with E-state index in [0.717, 1.165) is 10.0 Å². The number of amides is 1. The first kappa shape index (κ1) is 10.6. The molecule has 2 rings (SSSR count). The second kappa shape index (κ2) is 4.33. The number of rotatable bonds is 2. The summed E-state index contributed by atoms with van der Waals surface area (Å²) in [6.07, 6.45) is 0.0712. The van der Waals surface area contributed by atoms with E-state index in [0.29, 0.717) is 19.5 Å². The van der Waals surface area contributed by atoms with E-state index in [4.69, 9.17) is 5.11 Å². The van der Waals surface area contributed by atoms with E-state index in [2.05, 4.69) is 15.9 Å². The molecule has 0 radical (unpaired) electrons. The van der Waals surface area contributed by atoms with E-state index in [1.165, 1.54) is 0 Å². The van der Waals surface area contributed by atoms with Crippen molar-refractivity contribution in [2.45, 2.75) is 12.5 Å². The zero-order valence-corrected chi connectivity index (χ0v) is 9.77. The summed E-state index contributed by atoms with van der Waals surface area (Å²) < 4.78 is 0.958. The number of hydrogen-bond acceptors (Lipinski definition) is 2. The zero-order valence-electron chi connectivity index (χ0n) is 8.19. The van der Waals surface area contributed by atoms with Gasteiger partial charge in [-0.15, -0.1) is 0 Å². The fourth-order valence-electron chi connectivity index (χ4n) is 1.58. The number of hydrogen-bond donors (Lipinski definition) is 1. The molecule has 1 saturated heterocycles. The Kier molecular flexibility index (Phi) is 3.07. The molecule has 0 aromatic heterocycles. The van der Waals surface area contributed by atoms with Gasteiger partial charge in [-0.1, -0.05) is 34.1 Å². The molecule has 0 bridgehead atoms. The fraction of sp³-hybridized carbons (Fsp3) is 0.364. The minimum Gasteiger partial charge on any atom is -0.389 e. The number of nitrogens with zero attached hydrogens (tertiary/aromatic N) is 1. The largest absolute Gasteiger partial charge is 0.389 e. The summed E-state index contributed by atoms with van der Waals surface area (Å²) in [7, 11) is 0. The number of benzene rings is 1. The maximum absolute atomic E-state index is 11.7. The summed E-state index contributed by atoms with van der Waals surface area (Å²) >= 11 is 3.41. The summed E-state index contributed by atoms with van der Waals surface area (Å²) in [6, 6.07) is 7.69. The monoisotopic (exact) mass is 269 g/mol. The van der Waals surface area contributed by atoms with E-state index in [-0.39, 0.29) is 12.0 Å². The number of halogens is 1. The van der Waals surface area contributed by atoms with E-state index in [9.17, 15) is 4.79 Å². The van der Waals surface area contributed by atoms with Gasteiger partial charge in [0.25, 0.3) is 0 Å². The Morgan fingerprint density at radius 1 is 1.47 bits per heavy atom. The molecule has 1 amide bonds. The number of likely N-dealkylation sites (tertiary alicyclic amines) is 1. The van der Waals surface area contributed by atoms with E-state index < -0.39 is 0 Å². The fourth-order valence-corrected chi connectivity index (χ4v) is 2.00. The first-order chi connectivity index (χ1) is 7.16. The SMILES string of the molecule is O=C(Cc1ccccc1Br)N1CC(O)C1. The Morgan fingerprint density at radius 3 is 2.73 bits per heavy atom. The van der Waals surface area contributed by atoms with Gasteiger partial charge in [0.05, 0.1) is 12.5 Å².